The molecule has 1 aromatic carbocycles. The van der Waals surface area contributed by atoms with Crippen LogP contribution in [-0.4, -0.2) is 32.5 Å². The maximum Gasteiger partial charge on any atom is 0.250 e. The lowest BCUT2D eigenvalue weighted by molar-refractivity contribution is -0.131. The Bertz CT molecular complexity index is 737. The number of nitrogens with zero attached hydrogens (tertiary/aromatic N) is 2. The predicted molar refractivity (Wildman–Crippen MR) is 93.5 cm³/mol. The van der Waals surface area contributed by atoms with E-state index in [0.29, 0.717) is 18.7 Å². The van der Waals surface area contributed by atoms with Crippen molar-refractivity contribution < 1.29 is 9.59 Å². The Hall–Kier alpha value is -2.90. The lowest BCUT2D eigenvalue weighted by atomic mass is 9.80. The van der Waals surface area contributed by atoms with Gasteiger partial charge in [-0.2, -0.15) is 4.98 Å². The molecular weight excluding hydrogens is 320 g/mol. The van der Waals surface area contributed by atoms with Crippen molar-refractivity contribution in [2.75, 3.05) is 11.1 Å². The molecule has 25 heavy (non-hydrogen) atoms. The summed E-state index contributed by atoms with van der Waals surface area (Å²) < 4.78 is 0. The van der Waals surface area contributed by atoms with Gasteiger partial charge in [-0.15, -0.1) is 5.10 Å². The van der Waals surface area contributed by atoms with E-state index in [1.54, 1.807) is 0 Å². The van der Waals surface area contributed by atoms with Gasteiger partial charge in [0, 0.05) is 5.69 Å². The first-order chi connectivity index (χ1) is 12.1. The van der Waals surface area contributed by atoms with Crippen molar-refractivity contribution in [1.82, 2.24) is 20.5 Å². The summed E-state index contributed by atoms with van der Waals surface area (Å²) in [5.41, 5.74) is 5.27. The van der Waals surface area contributed by atoms with Crippen molar-refractivity contribution in [2.45, 2.75) is 44.1 Å². The highest BCUT2D eigenvalue weighted by Gasteiger charge is 2.40. The van der Waals surface area contributed by atoms with Gasteiger partial charge in [0.05, 0.1) is 6.42 Å². The van der Waals surface area contributed by atoms with E-state index in [4.69, 9.17) is 5.73 Å². The number of aromatic amines is 1. The fraction of sp³-hybridized carbons (Fsp3) is 0.412. The van der Waals surface area contributed by atoms with Crippen LogP contribution in [0.15, 0.2) is 30.3 Å². The van der Waals surface area contributed by atoms with E-state index in [1.807, 2.05) is 30.3 Å². The molecular formula is C17H22N6O2. The first-order valence-corrected chi connectivity index (χ1v) is 8.42. The monoisotopic (exact) mass is 342 g/mol. The number of benzene rings is 1. The van der Waals surface area contributed by atoms with Crippen LogP contribution in [-0.2, 0) is 16.0 Å². The number of H-pyrrole nitrogens is 1. The summed E-state index contributed by atoms with van der Waals surface area (Å²) in [5, 5.41) is 12.2. The number of nitrogens with two attached hydrogens (primary N) is 1. The number of nitrogens with one attached hydrogen (secondary N) is 3. The van der Waals surface area contributed by atoms with E-state index in [-0.39, 0.29) is 24.2 Å². The largest absolute Gasteiger partial charge is 0.367 e. The number of amides is 2. The first-order valence-electron chi connectivity index (χ1n) is 8.42. The number of rotatable bonds is 5. The Labute approximate surface area is 145 Å². The third kappa shape index (κ3) is 4.14. The molecule has 0 bridgehead atoms. The smallest absolute Gasteiger partial charge is 0.250 e. The van der Waals surface area contributed by atoms with Gasteiger partial charge in [-0.05, 0) is 25.0 Å². The van der Waals surface area contributed by atoms with Crippen LogP contribution in [0, 0.1) is 0 Å². The van der Waals surface area contributed by atoms with Crippen molar-refractivity contribution in [2.24, 2.45) is 0 Å². The fourth-order valence-electron chi connectivity index (χ4n) is 3.19. The zero-order valence-corrected chi connectivity index (χ0v) is 13.9. The summed E-state index contributed by atoms with van der Waals surface area (Å²) in [7, 11) is 0. The van der Waals surface area contributed by atoms with Gasteiger partial charge in [0.25, 0.3) is 0 Å². The maximum absolute atomic E-state index is 12.9. The standard InChI is InChI=1S/C17H22N6O2/c18-16-20-13(22-23-16)11-14(24)21-17(9-5-2-6-10-17)15(25)19-12-7-3-1-4-8-12/h1,3-4,7-8H,2,5-6,9-11H2,(H,19,25)(H,21,24)(H3,18,20,22,23). The lowest BCUT2D eigenvalue weighted by Gasteiger charge is -2.36. The number of para-hydroxylation sites is 1. The topological polar surface area (TPSA) is 126 Å². The Morgan fingerprint density at radius 3 is 2.52 bits per heavy atom. The summed E-state index contributed by atoms with van der Waals surface area (Å²) in [6, 6.07) is 9.25. The van der Waals surface area contributed by atoms with Crippen LogP contribution in [0.25, 0.3) is 0 Å². The van der Waals surface area contributed by atoms with Crippen LogP contribution in [0.3, 0.4) is 0 Å². The van der Waals surface area contributed by atoms with Crippen LogP contribution < -0.4 is 16.4 Å². The van der Waals surface area contributed by atoms with Crippen molar-refractivity contribution in [1.29, 1.82) is 0 Å². The second-order valence-corrected chi connectivity index (χ2v) is 6.33. The molecule has 8 heteroatoms. The van der Waals surface area contributed by atoms with Crippen molar-refractivity contribution in [3.63, 3.8) is 0 Å². The summed E-state index contributed by atoms with van der Waals surface area (Å²) in [4.78, 5) is 29.3. The van der Waals surface area contributed by atoms with Crippen molar-refractivity contribution in [3.05, 3.63) is 36.2 Å². The van der Waals surface area contributed by atoms with Gasteiger partial charge in [0.2, 0.25) is 17.8 Å². The molecule has 132 valence electrons. The van der Waals surface area contributed by atoms with E-state index in [0.717, 1.165) is 24.9 Å². The van der Waals surface area contributed by atoms with E-state index in [2.05, 4.69) is 25.8 Å². The Kier molecular flexibility index (Phi) is 4.97. The normalized spacial score (nSPS) is 16.2. The minimum Gasteiger partial charge on any atom is -0.367 e. The number of carbonyl (C=O) groups excluding carboxylic acids is 2. The Morgan fingerprint density at radius 1 is 1.16 bits per heavy atom. The highest BCUT2D eigenvalue weighted by Crippen LogP contribution is 2.29. The van der Waals surface area contributed by atoms with Crippen LogP contribution in [0.4, 0.5) is 11.6 Å². The van der Waals surface area contributed by atoms with Crippen LogP contribution >= 0.6 is 0 Å². The van der Waals surface area contributed by atoms with E-state index in [9.17, 15) is 9.59 Å². The molecule has 0 saturated heterocycles. The van der Waals surface area contributed by atoms with Crippen LogP contribution in [0.5, 0.6) is 0 Å². The molecule has 2 aromatic rings. The van der Waals surface area contributed by atoms with Gasteiger partial charge in [-0.1, -0.05) is 37.5 Å². The van der Waals surface area contributed by atoms with Crippen LogP contribution in [0.1, 0.15) is 37.9 Å². The summed E-state index contributed by atoms with van der Waals surface area (Å²) in [5.74, 6) is 0.0199. The Balaban J connectivity index is 1.71. The molecule has 1 aromatic heterocycles. The number of anilines is 2. The third-order valence-corrected chi connectivity index (χ3v) is 4.43. The minimum atomic E-state index is -0.892. The van der Waals surface area contributed by atoms with E-state index in [1.165, 1.54) is 0 Å². The molecule has 0 atom stereocenters. The quantitative estimate of drug-likeness (QED) is 0.653. The van der Waals surface area contributed by atoms with Gasteiger partial charge in [-0.3, -0.25) is 14.7 Å². The maximum atomic E-state index is 12.9. The van der Waals surface area contributed by atoms with Crippen LogP contribution in [0.2, 0.25) is 0 Å². The first kappa shape index (κ1) is 16.9. The SMILES string of the molecule is Nc1n[nH]c(CC(=O)NC2(C(=O)Nc3ccccc3)CCCCC2)n1. The molecule has 1 saturated carbocycles. The molecule has 1 aliphatic rings. The average Bonchev–Trinajstić information content (AvgIpc) is 3.01. The molecule has 0 aliphatic heterocycles. The van der Waals surface area contributed by atoms with Crippen molar-refractivity contribution in [3.8, 4) is 0 Å². The van der Waals surface area contributed by atoms with Gasteiger partial charge in [-0.25, -0.2) is 0 Å². The molecule has 2 amide bonds. The third-order valence-electron chi connectivity index (χ3n) is 4.43. The number of hydrogen-bond donors (Lipinski definition) is 4. The average molecular weight is 342 g/mol. The van der Waals surface area contributed by atoms with E-state index >= 15 is 0 Å². The van der Waals surface area contributed by atoms with Gasteiger partial charge >= 0.3 is 0 Å². The molecule has 1 fully saturated rings. The van der Waals surface area contributed by atoms with Gasteiger partial charge in [0.15, 0.2) is 0 Å². The number of nitrogen functional groups attached to an aromatic ring is 1. The molecule has 0 spiro atoms. The summed E-state index contributed by atoms with van der Waals surface area (Å²) >= 11 is 0. The number of aromatic nitrogens is 3. The second kappa shape index (κ2) is 7.33. The highest BCUT2D eigenvalue weighted by atomic mass is 16.2. The van der Waals surface area contributed by atoms with Gasteiger partial charge < -0.3 is 16.4 Å². The van der Waals surface area contributed by atoms with E-state index < -0.39 is 5.54 Å². The molecule has 5 N–H and O–H groups in total. The second-order valence-electron chi connectivity index (χ2n) is 6.33. The van der Waals surface area contributed by atoms with Gasteiger partial charge in [0.1, 0.15) is 11.4 Å². The Morgan fingerprint density at radius 2 is 1.88 bits per heavy atom. The summed E-state index contributed by atoms with van der Waals surface area (Å²) in [6.07, 6.45) is 4.11. The number of carbonyl (C=O) groups is 2. The molecule has 8 nitrogen and oxygen atoms in total. The molecule has 1 heterocycles. The molecule has 0 unspecified atom stereocenters. The highest BCUT2D eigenvalue weighted by molar-refractivity contribution is 6.00. The predicted octanol–water partition coefficient (Wildman–Crippen LogP) is 1.39. The minimum absolute atomic E-state index is 0.00453. The molecule has 0 radical (unpaired) electrons. The molecule has 1 aliphatic carbocycles. The number of hydrogen-bond acceptors (Lipinski definition) is 5. The zero-order valence-electron chi connectivity index (χ0n) is 13.9. The molecule has 3 rings (SSSR count). The fourth-order valence-corrected chi connectivity index (χ4v) is 3.19. The summed E-state index contributed by atoms with van der Waals surface area (Å²) in [6.45, 7) is 0. The van der Waals surface area contributed by atoms with Crippen molar-refractivity contribution >= 4 is 23.5 Å². The lowest BCUT2D eigenvalue weighted by Crippen LogP contribution is -2.58. The zero-order chi connectivity index (χ0) is 17.7.